The first-order valence-electron chi connectivity index (χ1n) is 5.12. The van der Waals surface area contributed by atoms with Gasteiger partial charge in [0, 0.05) is 23.6 Å². The van der Waals surface area contributed by atoms with Gasteiger partial charge in [0.2, 0.25) is 5.82 Å². The Morgan fingerprint density at radius 3 is 2.83 bits per heavy atom. The summed E-state index contributed by atoms with van der Waals surface area (Å²) in [5.41, 5.74) is 0.816. The molecule has 0 bridgehead atoms. The van der Waals surface area contributed by atoms with Gasteiger partial charge in [-0.05, 0) is 17.7 Å². The molecule has 94 valence electrons. The molecule has 18 heavy (non-hydrogen) atoms. The molecule has 0 atom stereocenters. The van der Waals surface area contributed by atoms with Gasteiger partial charge < -0.3 is 4.90 Å². The van der Waals surface area contributed by atoms with E-state index in [2.05, 4.69) is 15.2 Å². The Morgan fingerprint density at radius 2 is 2.22 bits per heavy atom. The molecule has 2 aromatic rings. The molecule has 0 spiro atoms. The lowest BCUT2D eigenvalue weighted by Gasteiger charge is -2.16. The monoisotopic (exact) mass is 284 g/mol. The third kappa shape index (κ3) is 2.80. The number of aromatic nitrogens is 3. The van der Waals surface area contributed by atoms with Crippen LogP contribution in [0.15, 0.2) is 24.5 Å². The predicted molar refractivity (Wildman–Crippen MR) is 68.6 cm³/mol. The minimum Gasteiger partial charge on any atom is -0.335 e. The number of benzene rings is 1. The highest BCUT2D eigenvalue weighted by Crippen LogP contribution is 2.22. The Morgan fingerprint density at radius 1 is 1.44 bits per heavy atom. The van der Waals surface area contributed by atoms with E-state index >= 15 is 0 Å². The van der Waals surface area contributed by atoms with Crippen LogP contribution in [0.3, 0.4) is 0 Å². The van der Waals surface area contributed by atoms with E-state index in [-0.39, 0.29) is 11.7 Å². The Balaban J connectivity index is 2.11. The Hall–Kier alpha value is -1.59. The van der Waals surface area contributed by atoms with E-state index < -0.39 is 0 Å². The molecule has 7 heteroatoms. The van der Waals surface area contributed by atoms with Gasteiger partial charge in [-0.2, -0.15) is 5.10 Å². The third-order valence-corrected chi connectivity index (χ3v) is 2.97. The minimum atomic E-state index is -0.251. The van der Waals surface area contributed by atoms with Gasteiger partial charge >= 0.3 is 0 Å². The summed E-state index contributed by atoms with van der Waals surface area (Å²) in [6.45, 7) is 0.371. The van der Waals surface area contributed by atoms with Crippen LogP contribution < -0.4 is 0 Å². The average Bonchev–Trinajstić information content (AvgIpc) is 2.85. The van der Waals surface area contributed by atoms with Crippen LogP contribution in [0.1, 0.15) is 16.2 Å². The van der Waals surface area contributed by atoms with Crippen LogP contribution in [0.5, 0.6) is 0 Å². The van der Waals surface area contributed by atoms with Crippen LogP contribution in [0.4, 0.5) is 0 Å². The zero-order valence-electron chi connectivity index (χ0n) is 9.52. The number of hydrogen-bond acceptors (Lipinski definition) is 3. The number of aromatic amines is 1. The lowest BCUT2D eigenvalue weighted by molar-refractivity contribution is 0.0773. The number of carbonyl (C=O) groups excluding carboxylic acids is 1. The van der Waals surface area contributed by atoms with E-state index in [0.29, 0.717) is 16.6 Å². The standard InChI is InChI=1S/C11H10Cl2N4O/c1-17(11(18)10-14-6-15-16-10)5-7-2-3-8(12)4-9(7)13/h2-4,6H,5H2,1H3,(H,14,15,16). The van der Waals surface area contributed by atoms with Crippen LogP contribution in [0.2, 0.25) is 10.0 Å². The minimum absolute atomic E-state index is 0.197. The van der Waals surface area contributed by atoms with Crippen LogP contribution in [0, 0.1) is 0 Å². The van der Waals surface area contributed by atoms with Gasteiger partial charge in [-0.1, -0.05) is 29.3 Å². The third-order valence-electron chi connectivity index (χ3n) is 2.39. The second-order valence-corrected chi connectivity index (χ2v) is 4.57. The zero-order chi connectivity index (χ0) is 13.1. The maximum absolute atomic E-state index is 11.9. The van der Waals surface area contributed by atoms with Gasteiger partial charge in [-0.25, -0.2) is 4.98 Å². The average molecular weight is 285 g/mol. The Labute approximate surface area is 114 Å². The number of amides is 1. The van der Waals surface area contributed by atoms with E-state index in [1.165, 1.54) is 11.2 Å². The number of rotatable bonds is 3. The van der Waals surface area contributed by atoms with Gasteiger partial charge in [-0.15, -0.1) is 0 Å². The number of carbonyl (C=O) groups is 1. The molecular weight excluding hydrogens is 275 g/mol. The summed E-state index contributed by atoms with van der Waals surface area (Å²) in [5, 5.41) is 7.25. The molecule has 1 heterocycles. The largest absolute Gasteiger partial charge is 0.335 e. The molecule has 1 amide bonds. The van der Waals surface area contributed by atoms with Crippen LogP contribution in [0.25, 0.3) is 0 Å². The van der Waals surface area contributed by atoms with Crippen molar-refractivity contribution in [3.63, 3.8) is 0 Å². The van der Waals surface area contributed by atoms with Crippen molar-refractivity contribution in [2.75, 3.05) is 7.05 Å². The van der Waals surface area contributed by atoms with Crippen LogP contribution in [-0.4, -0.2) is 33.0 Å². The van der Waals surface area contributed by atoms with Crippen molar-refractivity contribution in [3.05, 3.63) is 46.0 Å². The first kappa shape index (κ1) is 12.9. The fraction of sp³-hybridized carbons (Fsp3) is 0.182. The first-order chi connectivity index (χ1) is 8.58. The summed E-state index contributed by atoms with van der Waals surface area (Å²) in [7, 11) is 1.66. The van der Waals surface area contributed by atoms with Crippen molar-refractivity contribution in [1.29, 1.82) is 0 Å². The van der Waals surface area contributed by atoms with Crippen molar-refractivity contribution >= 4 is 29.1 Å². The fourth-order valence-corrected chi connectivity index (χ4v) is 1.93. The van der Waals surface area contributed by atoms with Crippen molar-refractivity contribution in [2.24, 2.45) is 0 Å². The molecule has 0 radical (unpaired) electrons. The summed E-state index contributed by atoms with van der Waals surface area (Å²) in [6.07, 6.45) is 1.29. The molecule has 0 saturated heterocycles. The normalized spacial score (nSPS) is 10.4. The highest BCUT2D eigenvalue weighted by Gasteiger charge is 2.15. The second-order valence-electron chi connectivity index (χ2n) is 3.73. The molecule has 0 saturated carbocycles. The van der Waals surface area contributed by atoms with Crippen molar-refractivity contribution in [1.82, 2.24) is 20.1 Å². The molecule has 1 aromatic heterocycles. The van der Waals surface area contributed by atoms with Crippen LogP contribution >= 0.6 is 23.2 Å². The summed E-state index contributed by atoms with van der Waals surface area (Å²) in [5.74, 6) is -0.0545. The molecule has 0 fully saturated rings. The van der Waals surface area contributed by atoms with E-state index in [9.17, 15) is 4.79 Å². The summed E-state index contributed by atoms with van der Waals surface area (Å²) in [4.78, 5) is 17.2. The number of nitrogens with zero attached hydrogens (tertiary/aromatic N) is 3. The smallest absolute Gasteiger partial charge is 0.291 e. The molecule has 1 N–H and O–H groups in total. The number of hydrogen-bond donors (Lipinski definition) is 1. The molecule has 0 aliphatic rings. The number of H-pyrrole nitrogens is 1. The van der Waals surface area contributed by atoms with Gasteiger partial charge in [0.1, 0.15) is 6.33 Å². The van der Waals surface area contributed by atoms with Crippen LogP contribution in [-0.2, 0) is 6.54 Å². The van der Waals surface area contributed by atoms with Crippen molar-refractivity contribution in [2.45, 2.75) is 6.54 Å². The van der Waals surface area contributed by atoms with Gasteiger partial charge in [0.15, 0.2) is 0 Å². The van der Waals surface area contributed by atoms with Crippen molar-refractivity contribution in [3.8, 4) is 0 Å². The first-order valence-corrected chi connectivity index (χ1v) is 5.88. The Bertz CT molecular complexity index is 556. The van der Waals surface area contributed by atoms with Gasteiger partial charge in [-0.3, -0.25) is 9.89 Å². The highest BCUT2D eigenvalue weighted by atomic mass is 35.5. The summed E-state index contributed by atoms with van der Waals surface area (Å²) in [6, 6.07) is 5.16. The number of nitrogens with one attached hydrogen (secondary N) is 1. The summed E-state index contributed by atoms with van der Waals surface area (Å²) < 4.78 is 0. The van der Waals surface area contributed by atoms with Gasteiger partial charge in [0.05, 0.1) is 0 Å². The molecule has 2 rings (SSSR count). The lowest BCUT2D eigenvalue weighted by Crippen LogP contribution is -2.27. The number of halogens is 2. The fourth-order valence-electron chi connectivity index (χ4n) is 1.47. The van der Waals surface area contributed by atoms with E-state index in [0.717, 1.165) is 5.56 Å². The molecule has 0 aliphatic heterocycles. The Kier molecular flexibility index (Phi) is 3.84. The van der Waals surface area contributed by atoms with Gasteiger partial charge in [0.25, 0.3) is 5.91 Å². The van der Waals surface area contributed by atoms with E-state index in [4.69, 9.17) is 23.2 Å². The maximum Gasteiger partial charge on any atom is 0.291 e. The molecule has 0 aliphatic carbocycles. The molecule has 1 aromatic carbocycles. The predicted octanol–water partition coefficient (Wildman–Crippen LogP) is 2.38. The van der Waals surface area contributed by atoms with Crippen molar-refractivity contribution < 1.29 is 4.79 Å². The molecule has 0 unspecified atom stereocenters. The lowest BCUT2D eigenvalue weighted by atomic mass is 10.2. The maximum atomic E-state index is 11.9. The quantitative estimate of drug-likeness (QED) is 0.941. The second kappa shape index (κ2) is 5.37. The highest BCUT2D eigenvalue weighted by molar-refractivity contribution is 6.35. The summed E-state index contributed by atoms with van der Waals surface area (Å²) >= 11 is 11.9. The SMILES string of the molecule is CN(Cc1ccc(Cl)cc1Cl)C(=O)c1ncn[nH]1. The zero-order valence-corrected chi connectivity index (χ0v) is 11.0. The molecular formula is C11H10Cl2N4O. The van der Waals surface area contributed by atoms with E-state index in [1.807, 2.05) is 0 Å². The topological polar surface area (TPSA) is 61.9 Å². The van der Waals surface area contributed by atoms with E-state index in [1.54, 1.807) is 25.2 Å². The molecule has 5 nitrogen and oxygen atoms in total.